The van der Waals surface area contributed by atoms with Gasteiger partial charge in [-0.25, -0.2) is 9.79 Å². The summed E-state index contributed by atoms with van der Waals surface area (Å²) in [6, 6.07) is 10.3. The van der Waals surface area contributed by atoms with Gasteiger partial charge in [-0.2, -0.15) is 0 Å². The van der Waals surface area contributed by atoms with Crippen LogP contribution in [0.1, 0.15) is 29.8 Å². The molecular formula is C24H21BrN2O5S. The maximum absolute atomic E-state index is 12.5. The zero-order valence-corrected chi connectivity index (χ0v) is 20.6. The number of ether oxygens (including phenoxy) is 3. The number of nitrogens with one attached hydrogen (secondary N) is 1. The number of benzene rings is 2. The standard InChI is InChI=1S/C24H21BrN2O5S/c1-5-9-31-21-18(25)10-15(11-19(21)30-4)12-20-22(28)27-24(33-20)26-17-8-6-7-16(13-17)23(29)32-14(2)3/h1,6-8,10-14H,9H2,2-4H3,(H,26,27,28). The van der Waals surface area contributed by atoms with Crippen LogP contribution in [0.5, 0.6) is 11.5 Å². The molecule has 2 aromatic carbocycles. The van der Waals surface area contributed by atoms with Crippen LogP contribution in [0.3, 0.4) is 0 Å². The number of carbonyl (C=O) groups is 2. The largest absolute Gasteiger partial charge is 0.493 e. The zero-order valence-electron chi connectivity index (χ0n) is 18.2. The normalized spacial score (nSPS) is 15.5. The molecule has 1 N–H and O–H groups in total. The van der Waals surface area contributed by atoms with Crippen LogP contribution in [0.15, 0.2) is 50.8 Å². The highest BCUT2D eigenvalue weighted by molar-refractivity contribution is 9.10. The summed E-state index contributed by atoms with van der Waals surface area (Å²) in [6.45, 7) is 3.67. The number of terminal acetylenes is 1. The number of rotatable bonds is 7. The molecular weight excluding hydrogens is 508 g/mol. The van der Waals surface area contributed by atoms with Gasteiger partial charge in [0.25, 0.3) is 5.91 Å². The molecule has 0 aliphatic carbocycles. The number of amidine groups is 1. The van der Waals surface area contributed by atoms with Gasteiger partial charge >= 0.3 is 5.97 Å². The van der Waals surface area contributed by atoms with Crippen molar-refractivity contribution in [1.82, 2.24) is 5.32 Å². The number of amides is 1. The maximum atomic E-state index is 12.5. The molecule has 1 saturated heterocycles. The van der Waals surface area contributed by atoms with Crippen LogP contribution >= 0.6 is 27.7 Å². The van der Waals surface area contributed by atoms with Crippen molar-refractivity contribution in [3.8, 4) is 23.8 Å². The van der Waals surface area contributed by atoms with Gasteiger partial charge < -0.3 is 19.5 Å². The number of carbonyl (C=O) groups excluding carboxylic acids is 2. The minimum atomic E-state index is -0.426. The summed E-state index contributed by atoms with van der Waals surface area (Å²) < 4.78 is 16.8. The van der Waals surface area contributed by atoms with Gasteiger partial charge in [-0.15, -0.1) is 6.42 Å². The predicted octanol–water partition coefficient (Wildman–Crippen LogP) is 4.93. The first kappa shape index (κ1) is 24.4. The van der Waals surface area contributed by atoms with Crippen molar-refractivity contribution in [2.45, 2.75) is 20.0 Å². The van der Waals surface area contributed by atoms with Gasteiger partial charge in [0.05, 0.1) is 33.8 Å². The molecule has 0 unspecified atom stereocenters. The summed E-state index contributed by atoms with van der Waals surface area (Å²) >= 11 is 4.64. The molecule has 0 aromatic heterocycles. The predicted molar refractivity (Wildman–Crippen MR) is 133 cm³/mol. The van der Waals surface area contributed by atoms with Gasteiger partial charge in [-0.1, -0.05) is 12.0 Å². The number of thioether (sulfide) groups is 1. The van der Waals surface area contributed by atoms with Gasteiger partial charge in [0.1, 0.15) is 6.61 Å². The van der Waals surface area contributed by atoms with Crippen molar-refractivity contribution in [1.29, 1.82) is 0 Å². The average Bonchev–Trinajstić information content (AvgIpc) is 3.10. The molecule has 9 heteroatoms. The van der Waals surface area contributed by atoms with E-state index in [1.54, 1.807) is 56.3 Å². The van der Waals surface area contributed by atoms with E-state index in [0.29, 0.717) is 37.3 Å². The first-order valence-electron chi connectivity index (χ1n) is 9.85. The summed E-state index contributed by atoms with van der Waals surface area (Å²) in [6.07, 6.45) is 6.76. The topological polar surface area (TPSA) is 86.2 Å². The Balaban J connectivity index is 1.82. The second kappa shape index (κ2) is 11.1. The number of methoxy groups -OCH3 is 1. The number of esters is 1. The number of hydrogen-bond acceptors (Lipinski definition) is 7. The smallest absolute Gasteiger partial charge is 0.338 e. The van der Waals surface area contributed by atoms with Crippen LogP contribution in [0.2, 0.25) is 0 Å². The Morgan fingerprint density at radius 3 is 2.82 bits per heavy atom. The lowest BCUT2D eigenvalue weighted by Gasteiger charge is -2.12. The summed E-state index contributed by atoms with van der Waals surface area (Å²) in [7, 11) is 1.52. The van der Waals surface area contributed by atoms with Gasteiger partial charge in [0, 0.05) is 0 Å². The monoisotopic (exact) mass is 528 g/mol. The van der Waals surface area contributed by atoms with E-state index in [2.05, 4.69) is 32.2 Å². The lowest BCUT2D eigenvalue weighted by atomic mass is 10.2. The highest BCUT2D eigenvalue weighted by Gasteiger charge is 2.24. The van der Waals surface area contributed by atoms with E-state index in [4.69, 9.17) is 20.6 Å². The summed E-state index contributed by atoms with van der Waals surface area (Å²) in [5, 5.41) is 3.14. The van der Waals surface area contributed by atoms with E-state index in [1.807, 2.05) is 0 Å². The molecule has 170 valence electrons. The molecule has 3 rings (SSSR count). The molecule has 0 saturated carbocycles. The number of aliphatic imine (C=N–C) groups is 1. The van der Waals surface area contributed by atoms with Gasteiger partial charge in [-0.05, 0) is 83.5 Å². The Hall–Kier alpha value is -3.22. The molecule has 1 heterocycles. The van der Waals surface area contributed by atoms with E-state index in [1.165, 1.54) is 18.9 Å². The Bertz CT molecular complexity index is 1180. The average molecular weight is 529 g/mol. The Morgan fingerprint density at radius 2 is 2.12 bits per heavy atom. The molecule has 7 nitrogen and oxygen atoms in total. The third-order valence-corrected chi connectivity index (χ3v) is 5.65. The first-order valence-corrected chi connectivity index (χ1v) is 11.5. The lowest BCUT2D eigenvalue weighted by molar-refractivity contribution is -0.115. The number of hydrogen-bond donors (Lipinski definition) is 1. The van der Waals surface area contributed by atoms with Gasteiger partial charge in [-0.3, -0.25) is 4.79 Å². The van der Waals surface area contributed by atoms with Crippen LogP contribution in [0, 0.1) is 12.3 Å². The van der Waals surface area contributed by atoms with Crippen LogP contribution in [0.4, 0.5) is 5.69 Å². The summed E-state index contributed by atoms with van der Waals surface area (Å²) in [4.78, 5) is 29.5. The molecule has 33 heavy (non-hydrogen) atoms. The molecule has 0 bridgehead atoms. The molecule has 1 amide bonds. The van der Waals surface area contributed by atoms with Gasteiger partial charge in [0.15, 0.2) is 16.7 Å². The van der Waals surface area contributed by atoms with E-state index in [0.717, 1.165) is 5.56 Å². The lowest BCUT2D eigenvalue weighted by Crippen LogP contribution is -2.19. The van der Waals surface area contributed by atoms with E-state index < -0.39 is 5.97 Å². The van der Waals surface area contributed by atoms with Gasteiger partial charge in [0.2, 0.25) is 0 Å². The summed E-state index contributed by atoms with van der Waals surface area (Å²) in [5.41, 5.74) is 1.64. The molecule has 1 aliphatic heterocycles. The molecule has 0 spiro atoms. The SMILES string of the molecule is C#CCOc1c(Br)cc(C=C2SC(=Nc3cccc(C(=O)OC(C)C)c3)NC2=O)cc1OC. The van der Waals surface area contributed by atoms with Crippen LogP contribution in [-0.2, 0) is 9.53 Å². The van der Waals surface area contributed by atoms with E-state index in [-0.39, 0.29) is 18.6 Å². The van der Waals surface area contributed by atoms with Crippen LogP contribution in [0.25, 0.3) is 6.08 Å². The molecule has 2 aromatic rings. The van der Waals surface area contributed by atoms with E-state index in [9.17, 15) is 9.59 Å². The van der Waals surface area contributed by atoms with Crippen molar-refractivity contribution >= 4 is 56.5 Å². The quantitative estimate of drug-likeness (QED) is 0.311. The van der Waals surface area contributed by atoms with Crippen molar-refractivity contribution in [3.05, 3.63) is 56.9 Å². The molecule has 0 atom stereocenters. The van der Waals surface area contributed by atoms with Crippen molar-refractivity contribution in [3.63, 3.8) is 0 Å². The highest BCUT2D eigenvalue weighted by Crippen LogP contribution is 2.38. The maximum Gasteiger partial charge on any atom is 0.338 e. The molecule has 0 radical (unpaired) electrons. The Kier molecular flexibility index (Phi) is 8.20. The first-order chi connectivity index (χ1) is 15.8. The van der Waals surface area contributed by atoms with Crippen molar-refractivity contribution < 1.29 is 23.8 Å². The minimum absolute atomic E-state index is 0.101. The fourth-order valence-electron chi connectivity index (χ4n) is 2.81. The Labute approximate surface area is 204 Å². The minimum Gasteiger partial charge on any atom is -0.493 e. The Morgan fingerprint density at radius 1 is 1.33 bits per heavy atom. The molecule has 1 fully saturated rings. The number of halogens is 1. The second-order valence-corrected chi connectivity index (χ2v) is 8.90. The van der Waals surface area contributed by atoms with E-state index >= 15 is 0 Å². The zero-order chi connectivity index (χ0) is 24.0. The van der Waals surface area contributed by atoms with Crippen LogP contribution in [-0.4, -0.2) is 36.9 Å². The van der Waals surface area contributed by atoms with Crippen molar-refractivity contribution in [2.75, 3.05) is 13.7 Å². The highest BCUT2D eigenvalue weighted by atomic mass is 79.9. The summed E-state index contributed by atoms with van der Waals surface area (Å²) in [5.74, 6) is 2.67. The van der Waals surface area contributed by atoms with Crippen LogP contribution < -0.4 is 14.8 Å². The number of nitrogens with zero attached hydrogens (tertiary/aromatic N) is 1. The third-order valence-electron chi connectivity index (χ3n) is 4.16. The molecule has 1 aliphatic rings. The third kappa shape index (κ3) is 6.40. The fraction of sp³-hybridized carbons (Fsp3) is 0.208. The fourth-order valence-corrected chi connectivity index (χ4v) is 4.23. The second-order valence-electron chi connectivity index (χ2n) is 7.01. The van der Waals surface area contributed by atoms with Crippen molar-refractivity contribution in [2.24, 2.45) is 4.99 Å².